The number of hydrogen-bond donors (Lipinski definition) is 4. The summed E-state index contributed by atoms with van der Waals surface area (Å²) in [6, 6.07) is 1.92. The lowest BCUT2D eigenvalue weighted by Crippen LogP contribution is -2.37. The van der Waals surface area contributed by atoms with Crippen LogP contribution in [0.25, 0.3) is 16.9 Å². The molecule has 0 aromatic carbocycles. The van der Waals surface area contributed by atoms with Crippen molar-refractivity contribution in [2.75, 3.05) is 38.3 Å². The van der Waals surface area contributed by atoms with Crippen LogP contribution in [-0.4, -0.2) is 53.2 Å². The molecule has 0 amide bonds. The van der Waals surface area contributed by atoms with Crippen LogP contribution in [0.5, 0.6) is 0 Å². The Labute approximate surface area is 159 Å². The number of anilines is 1. The third kappa shape index (κ3) is 4.57. The molecule has 148 valence electrons. The number of ether oxygens (including phenoxy) is 1. The predicted octanol–water partition coefficient (Wildman–Crippen LogP) is 0.300. The molecule has 9 nitrogen and oxygen atoms in total. The Morgan fingerprint density at radius 1 is 1.30 bits per heavy atom. The highest BCUT2D eigenvalue weighted by atomic mass is 16.5. The van der Waals surface area contributed by atoms with Gasteiger partial charge in [0.15, 0.2) is 5.65 Å². The van der Waals surface area contributed by atoms with Gasteiger partial charge in [-0.25, -0.2) is 4.98 Å². The first-order valence-corrected chi connectivity index (χ1v) is 8.78. The van der Waals surface area contributed by atoms with Gasteiger partial charge in [-0.2, -0.15) is 9.78 Å². The first-order valence-electron chi connectivity index (χ1n) is 8.78. The number of hydrogen-bond acceptors (Lipinski definition) is 8. The number of nitrogens with two attached hydrogens (primary N) is 3. The zero-order chi connectivity index (χ0) is 20.0. The summed E-state index contributed by atoms with van der Waals surface area (Å²) < 4.78 is 6.96. The van der Waals surface area contributed by atoms with Crippen molar-refractivity contribution >= 4 is 22.7 Å². The molecule has 1 fully saturated rings. The van der Waals surface area contributed by atoms with E-state index in [0.29, 0.717) is 24.7 Å². The second-order valence-electron chi connectivity index (χ2n) is 6.46. The standard InChI is InChI=1S/C17H24N6O2.CH5N/c1-17(2,24)13-10-15(22-6-8-25-9-7-22)21-16-12(13)11-20-23(16)14(19)4-3-5-18;1-2/h3-5,10-11,24H,6-9,18-19H2,1-2H3;2H2,1H3/b5-3-,14-4+;. The van der Waals surface area contributed by atoms with Gasteiger partial charge in [-0.1, -0.05) is 0 Å². The van der Waals surface area contributed by atoms with Crippen LogP contribution < -0.4 is 22.1 Å². The molecule has 0 unspecified atom stereocenters. The monoisotopic (exact) mass is 375 g/mol. The van der Waals surface area contributed by atoms with Gasteiger partial charge < -0.3 is 31.9 Å². The lowest BCUT2D eigenvalue weighted by Gasteiger charge is -2.29. The second-order valence-corrected chi connectivity index (χ2v) is 6.46. The highest BCUT2D eigenvalue weighted by molar-refractivity contribution is 5.84. The topological polar surface area (TPSA) is 141 Å². The fourth-order valence-electron chi connectivity index (χ4n) is 2.86. The van der Waals surface area contributed by atoms with E-state index in [1.54, 1.807) is 36.9 Å². The lowest BCUT2D eigenvalue weighted by molar-refractivity contribution is 0.0801. The van der Waals surface area contributed by atoms with Crippen LogP contribution >= 0.6 is 0 Å². The molecule has 1 saturated heterocycles. The molecule has 0 saturated carbocycles. The highest BCUT2D eigenvalue weighted by Gasteiger charge is 2.25. The van der Waals surface area contributed by atoms with Gasteiger partial charge in [-0.3, -0.25) is 0 Å². The van der Waals surface area contributed by atoms with E-state index in [9.17, 15) is 5.11 Å². The summed E-state index contributed by atoms with van der Waals surface area (Å²) in [4.78, 5) is 6.88. The van der Waals surface area contributed by atoms with Gasteiger partial charge in [0.25, 0.3) is 0 Å². The number of rotatable bonds is 4. The second kappa shape index (κ2) is 8.85. The fraction of sp³-hybridized carbons (Fsp3) is 0.444. The Morgan fingerprint density at radius 3 is 2.56 bits per heavy atom. The van der Waals surface area contributed by atoms with Crippen LogP contribution in [0.3, 0.4) is 0 Å². The summed E-state index contributed by atoms with van der Waals surface area (Å²) in [5.74, 6) is 1.17. The number of aromatic nitrogens is 3. The molecule has 7 N–H and O–H groups in total. The Kier molecular flexibility index (Phi) is 6.78. The van der Waals surface area contributed by atoms with Crippen molar-refractivity contribution in [3.05, 3.63) is 36.2 Å². The number of nitrogens with zero attached hydrogens (tertiary/aromatic N) is 4. The molecule has 9 heteroatoms. The molecule has 0 bridgehead atoms. The molecule has 1 aliphatic rings. The average molecular weight is 375 g/mol. The highest BCUT2D eigenvalue weighted by Crippen LogP contribution is 2.31. The molecular formula is C18H29N7O2. The number of aliphatic hydroxyl groups is 1. The molecule has 0 spiro atoms. The maximum Gasteiger partial charge on any atom is 0.167 e. The minimum atomic E-state index is -1.04. The van der Waals surface area contributed by atoms with Crippen LogP contribution in [0.15, 0.2) is 30.6 Å². The summed E-state index contributed by atoms with van der Waals surface area (Å²) in [5, 5.41) is 15.7. The largest absolute Gasteiger partial charge is 0.405 e. The van der Waals surface area contributed by atoms with E-state index in [1.807, 2.05) is 6.07 Å². The zero-order valence-corrected chi connectivity index (χ0v) is 16.1. The van der Waals surface area contributed by atoms with Crippen LogP contribution in [0.2, 0.25) is 0 Å². The van der Waals surface area contributed by atoms with E-state index in [4.69, 9.17) is 21.2 Å². The zero-order valence-electron chi connectivity index (χ0n) is 16.1. The van der Waals surface area contributed by atoms with Crippen molar-refractivity contribution in [3.8, 4) is 0 Å². The predicted molar refractivity (Wildman–Crippen MR) is 108 cm³/mol. The molecule has 0 atom stereocenters. The maximum absolute atomic E-state index is 10.6. The van der Waals surface area contributed by atoms with Gasteiger partial charge in [-0.05, 0) is 50.9 Å². The van der Waals surface area contributed by atoms with E-state index in [0.717, 1.165) is 29.9 Å². The van der Waals surface area contributed by atoms with Crippen molar-refractivity contribution in [3.63, 3.8) is 0 Å². The molecule has 2 aromatic rings. The van der Waals surface area contributed by atoms with Crippen molar-refractivity contribution in [2.45, 2.75) is 19.4 Å². The number of pyridine rings is 1. The van der Waals surface area contributed by atoms with Gasteiger partial charge in [0.2, 0.25) is 0 Å². The third-order valence-electron chi connectivity index (χ3n) is 4.14. The SMILES string of the molecule is CC(C)(O)c1cc(N2CCOCC2)nc2c1cnn2/C(N)=C/C=C\N.CN. The van der Waals surface area contributed by atoms with Crippen molar-refractivity contribution in [1.82, 2.24) is 14.8 Å². The summed E-state index contributed by atoms with van der Waals surface area (Å²) in [5.41, 5.74) is 16.3. The fourth-order valence-corrected chi connectivity index (χ4v) is 2.86. The average Bonchev–Trinajstić information content (AvgIpc) is 3.10. The first kappa shape index (κ1) is 20.7. The number of morpholine rings is 1. The summed E-state index contributed by atoms with van der Waals surface area (Å²) in [6.45, 7) is 6.30. The van der Waals surface area contributed by atoms with Gasteiger partial charge >= 0.3 is 0 Å². The van der Waals surface area contributed by atoms with Crippen LogP contribution in [0.1, 0.15) is 19.4 Å². The summed E-state index contributed by atoms with van der Waals surface area (Å²) in [6.07, 6.45) is 6.35. The first-order chi connectivity index (χ1) is 12.9. The minimum Gasteiger partial charge on any atom is -0.405 e. The summed E-state index contributed by atoms with van der Waals surface area (Å²) in [7, 11) is 1.50. The van der Waals surface area contributed by atoms with Crippen molar-refractivity contribution in [1.29, 1.82) is 0 Å². The van der Waals surface area contributed by atoms with E-state index in [2.05, 4.69) is 15.7 Å². The van der Waals surface area contributed by atoms with E-state index >= 15 is 0 Å². The van der Waals surface area contributed by atoms with Gasteiger partial charge in [0, 0.05) is 18.5 Å². The smallest absolute Gasteiger partial charge is 0.167 e. The molecule has 0 aliphatic carbocycles. The Hall–Kier alpha value is -2.62. The van der Waals surface area contributed by atoms with Crippen molar-refractivity contribution < 1.29 is 9.84 Å². The number of fused-ring (bicyclic) bond motifs is 1. The molecule has 3 rings (SSSR count). The van der Waals surface area contributed by atoms with Crippen LogP contribution in [0, 0.1) is 0 Å². The minimum absolute atomic E-state index is 0.394. The van der Waals surface area contributed by atoms with Gasteiger partial charge in [-0.15, -0.1) is 0 Å². The Morgan fingerprint density at radius 2 is 1.96 bits per heavy atom. The third-order valence-corrected chi connectivity index (χ3v) is 4.14. The van der Waals surface area contributed by atoms with Crippen LogP contribution in [-0.2, 0) is 10.3 Å². The molecular weight excluding hydrogens is 346 g/mol. The normalized spacial score (nSPS) is 15.9. The molecule has 3 heterocycles. The maximum atomic E-state index is 10.6. The quantitative estimate of drug-likeness (QED) is 0.559. The van der Waals surface area contributed by atoms with E-state index < -0.39 is 5.60 Å². The van der Waals surface area contributed by atoms with Gasteiger partial charge in [0.1, 0.15) is 11.6 Å². The Bertz CT molecular complexity index is 815. The van der Waals surface area contributed by atoms with Crippen LogP contribution in [0.4, 0.5) is 5.82 Å². The molecule has 1 aliphatic heterocycles. The number of allylic oxidation sites excluding steroid dienone is 2. The molecule has 2 aromatic heterocycles. The molecule has 27 heavy (non-hydrogen) atoms. The van der Waals surface area contributed by atoms with E-state index in [-0.39, 0.29) is 0 Å². The lowest BCUT2D eigenvalue weighted by atomic mass is 9.96. The van der Waals surface area contributed by atoms with Crippen molar-refractivity contribution in [2.24, 2.45) is 17.2 Å². The van der Waals surface area contributed by atoms with Gasteiger partial charge in [0.05, 0.1) is 25.0 Å². The summed E-state index contributed by atoms with van der Waals surface area (Å²) >= 11 is 0. The Balaban J connectivity index is 0.00000126. The van der Waals surface area contributed by atoms with E-state index in [1.165, 1.54) is 13.2 Å². The molecule has 0 radical (unpaired) electrons.